The average molecular weight is 332 g/mol. The molecule has 0 radical (unpaired) electrons. The van der Waals surface area contributed by atoms with Gasteiger partial charge in [-0.15, -0.1) is 0 Å². The van der Waals surface area contributed by atoms with Crippen LogP contribution in [0.15, 0.2) is 24.3 Å². The van der Waals surface area contributed by atoms with E-state index < -0.39 is 0 Å². The maximum atomic E-state index is 12.0. The number of amides is 1. The van der Waals surface area contributed by atoms with Gasteiger partial charge < -0.3 is 14.7 Å². The Bertz CT molecular complexity index is 541. The number of hydrogen-bond acceptors (Lipinski definition) is 3. The summed E-state index contributed by atoms with van der Waals surface area (Å²) in [6.45, 7) is 8.12. The van der Waals surface area contributed by atoms with Gasteiger partial charge in [-0.25, -0.2) is 0 Å². The van der Waals surface area contributed by atoms with Crippen molar-refractivity contribution in [2.75, 3.05) is 34.2 Å². The zero-order chi connectivity index (χ0) is 17.7. The van der Waals surface area contributed by atoms with Crippen molar-refractivity contribution in [1.82, 2.24) is 14.7 Å². The van der Waals surface area contributed by atoms with Crippen molar-refractivity contribution >= 4 is 5.91 Å². The van der Waals surface area contributed by atoms with Crippen LogP contribution in [0.3, 0.4) is 0 Å². The van der Waals surface area contributed by atoms with Gasteiger partial charge in [-0.1, -0.05) is 24.3 Å². The largest absolute Gasteiger partial charge is 0.340 e. The van der Waals surface area contributed by atoms with E-state index in [1.54, 1.807) is 0 Å². The minimum Gasteiger partial charge on any atom is -0.340 e. The Morgan fingerprint density at radius 3 is 2.46 bits per heavy atom. The molecule has 4 heteroatoms. The maximum absolute atomic E-state index is 12.0. The second-order valence-electron chi connectivity index (χ2n) is 7.80. The highest BCUT2D eigenvalue weighted by molar-refractivity contribution is 5.77. The number of nitrogens with zero attached hydrogens (tertiary/aromatic N) is 3. The van der Waals surface area contributed by atoms with Gasteiger partial charge in [-0.2, -0.15) is 0 Å². The standard InChI is InChI=1S/C20H33N3O/c1-16(2)23-15-19(9-10-20(23)24)14-22(5)13-18-8-6-7-17(11-18)12-21(3)4/h6-8,11,16,19H,9-10,12-15H2,1-5H3. The van der Waals surface area contributed by atoms with Crippen LogP contribution in [0.4, 0.5) is 0 Å². The van der Waals surface area contributed by atoms with Crippen LogP contribution in [-0.4, -0.2) is 60.9 Å². The van der Waals surface area contributed by atoms with Gasteiger partial charge in [-0.3, -0.25) is 4.79 Å². The fraction of sp³-hybridized carbons (Fsp3) is 0.650. The highest BCUT2D eigenvalue weighted by Gasteiger charge is 2.27. The van der Waals surface area contributed by atoms with Crippen molar-refractivity contribution < 1.29 is 4.79 Å². The third-order valence-corrected chi connectivity index (χ3v) is 4.68. The van der Waals surface area contributed by atoms with Gasteiger partial charge in [0.1, 0.15) is 0 Å². The van der Waals surface area contributed by atoms with E-state index in [-0.39, 0.29) is 0 Å². The van der Waals surface area contributed by atoms with Gasteiger partial charge in [-0.05, 0) is 58.5 Å². The number of carbonyl (C=O) groups is 1. The van der Waals surface area contributed by atoms with Gasteiger partial charge in [0.05, 0.1) is 0 Å². The van der Waals surface area contributed by atoms with Crippen LogP contribution >= 0.6 is 0 Å². The van der Waals surface area contributed by atoms with Gasteiger partial charge >= 0.3 is 0 Å². The van der Waals surface area contributed by atoms with E-state index in [9.17, 15) is 4.79 Å². The summed E-state index contributed by atoms with van der Waals surface area (Å²) in [6, 6.07) is 9.17. The van der Waals surface area contributed by atoms with Crippen molar-refractivity contribution in [2.24, 2.45) is 5.92 Å². The van der Waals surface area contributed by atoms with Crippen LogP contribution in [-0.2, 0) is 17.9 Å². The maximum Gasteiger partial charge on any atom is 0.222 e. The Morgan fingerprint density at radius 2 is 1.83 bits per heavy atom. The summed E-state index contributed by atoms with van der Waals surface area (Å²) in [5.74, 6) is 0.903. The second kappa shape index (κ2) is 8.63. The molecule has 1 atom stereocenters. The van der Waals surface area contributed by atoms with E-state index in [0.717, 1.165) is 32.6 Å². The molecule has 0 aromatic heterocycles. The van der Waals surface area contributed by atoms with Crippen LogP contribution in [0.25, 0.3) is 0 Å². The lowest BCUT2D eigenvalue weighted by Gasteiger charge is -2.37. The van der Waals surface area contributed by atoms with Gasteiger partial charge in [0.15, 0.2) is 0 Å². The molecule has 0 N–H and O–H groups in total. The summed E-state index contributed by atoms with van der Waals surface area (Å²) < 4.78 is 0. The lowest BCUT2D eigenvalue weighted by atomic mass is 9.95. The van der Waals surface area contributed by atoms with Crippen molar-refractivity contribution in [3.63, 3.8) is 0 Å². The lowest BCUT2D eigenvalue weighted by molar-refractivity contribution is -0.136. The first-order chi connectivity index (χ1) is 11.3. The molecule has 24 heavy (non-hydrogen) atoms. The topological polar surface area (TPSA) is 26.8 Å². The Hall–Kier alpha value is -1.39. The van der Waals surface area contributed by atoms with E-state index in [0.29, 0.717) is 24.3 Å². The minimum absolute atomic E-state index is 0.313. The predicted molar refractivity (Wildman–Crippen MR) is 99.7 cm³/mol. The minimum atomic E-state index is 0.313. The second-order valence-corrected chi connectivity index (χ2v) is 7.80. The van der Waals surface area contributed by atoms with Crippen LogP contribution in [0, 0.1) is 5.92 Å². The highest BCUT2D eigenvalue weighted by atomic mass is 16.2. The van der Waals surface area contributed by atoms with Gasteiger partial charge in [0.25, 0.3) is 0 Å². The molecule has 0 spiro atoms. The molecule has 0 aliphatic carbocycles. The van der Waals surface area contributed by atoms with Crippen LogP contribution in [0.2, 0.25) is 0 Å². The number of carbonyl (C=O) groups excluding carboxylic acids is 1. The van der Waals surface area contributed by atoms with E-state index in [4.69, 9.17) is 0 Å². The van der Waals surface area contributed by atoms with E-state index in [1.165, 1.54) is 11.1 Å². The zero-order valence-electron chi connectivity index (χ0n) is 16.0. The monoisotopic (exact) mass is 331 g/mol. The number of benzene rings is 1. The molecule has 0 bridgehead atoms. The molecule has 1 aromatic carbocycles. The first kappa shape index (κ1) is 18.9. The van der Waals surface area contributed by atoms with Crippen molar-refractivity contribution in [1.29, 1.82) is 0 Å². The zero-order valence-corrected chi connectivity index (χ0v) is 16.0. The van der Waals surface area contributed by atoms with Crippen LogP contribution < -0.4 is 0 Å². The molecule has 1 aliphatic heterocycles. The third kappa shape index (κ3) is 5.60. The molecule has 1 aromatic rings. The van der Waals surface area contributed by atoms with Crippen molar-refractivity contribution in [3.8, 4) is 0 Å². The summed E-state index contributed by atoms with van der Waals surface area (Å²) in [6.07, 6.45) is 1.72. The van der Waals surface area contributed by atoms with Gasteiger partial charge in [0, 0.05) is 38.6 Å². The fourth-order valence-electron chi connectivity index (χ4n) is 3.60. The smallest absolute Gasteiger partial charge is 0.222 e. The Kier molecular flexibility index (Phi) is 6.81. The molecule has 0 saturated carbocycles. The molecule has 1 heterocycles. The molecule has 1 aliphatic rings. The first-order valence-electron chi connectivity index (χ1n) is 9.05. The third-order valence-electron chi connectivity index (χ3n) is 4.68. The molecule has 1 fully saturated rings. The SMILES string of the molecule is CC(C)N1CC(CN(C)Cc2cccc(CN(C)C)c2)CCC1=O. The molecular formula is C20H33N3O. The van der Waals surface area contributed by atoms with Crippen molar-refractivity contribution in [3.05, 3.63) is 35.4 Å². The molecule has 1 amide bonds. The molecule has 4 nitrogen and oxygen atoms in total. The molecule has 2 rings (SSSR count). The fourth-order valence-corrected chi connectivity index (χ4v) is 3.60. The number of hydrogen-bond donors (Lipinski definition) is 0. The highest BCUT2D eigenvalue weighted by Crippen LogP contribution is 2.21. The van der Waals surface area contributed by atoms with E-state index in [1.807, 2.05) is 4.90 Å². The van der Waals surface area contributed by atoms with E-state index in [2.05, 4.69) is 69.1 Å². The average Bonchev–Trinajstić information content (AvgIpc) is 2.48. The first-order valence-corrected chi connectivity index (χ1v) is 9.05. The quantitative estimate of drug-likeness (QED) is 0.769. The summed E-state index contributed by atoms with van der Waals surface area (Å²) in [4.78, 5) is 18.6. The summed E-state index contributed by atoms with van der Waals surface area (Å²) in [5.41, 5.74) is 2.73. The molecule has 1 unspecified atom stereocenters. The van der Waals surface area contributed by atoms with Crippen LogP contribution in [0.5, 0.6) is 0 Å². The summed E-state index contributed by atoms with van der Waals surface area (Å²) in [5, 5.41) is 0. The van der Waals surface area contributed by atoms with Crippen molar-refractivity contribution in [2.45, 2.75) is 45.8 Å². The Balaban J connectivity index is 1.89. The van der Waals surface area contributed by atoms with Gasteiger partial charge in [0.2, 0.25) is 5.91 Å². The molecule has 1 saturated heterocycles. The number of piperidine rings is 1. The Morgan fingerprint density at radius 1 is 1.17 bits per heavy atom. The Labute approximate surface area is 147 Å². The number of likely N-dealkylation sites (tertiary alicyclic amines) is 1. The summed E-state index contributed by atoms with van der Waals surface area (Å²) >= 11 is 0. The van der Waals surface area contributed by atoms with E-state index >= 15 is 0 Å². The van der Waals surface area contributed by atoms with Crippen LogP contribution in [0.1, 0.15) is 37.8 Å². The molecular weight excluding hydrogens is 298 g/mol. The summed E-state index contributed by atoms with van der Waals surface area (Å²) in [7, 11) is 6.39. The number of rotatable bonds is 7. The normalized spacial score (nSPS) is 18.9. The predicted octanol–water partition coefficient (Wildman–Crippen LogP) is 2.83. The molecule has 134 valence electrons. The lowest BCUT2D eigenvalue weighted by Crippen LogP contribution is -2.46.